The Morgan fingerprint density at radius 1 is 1.23 bits per heavy atom. The third-order valence-corrected chi connectivity index (χ3v) is 6.23. The van der Waals surface area contributed by atoms with Crippen LogP contribution in [0.1, 0.15) is 23.9 Å². The molecule has 0 aliphatic carbocycles. The molecule has 0 spiro atoms. The zero-order chi connectivity index (χ0) is 21.8. The van der Waals surface area contributed by atoms with E-state index in [1.54, 1.807) is 7.11 Å². The number of amides is 2. The molecule has 4 rings (SSSR count). The van der Waals surface area contributed by atoms with Crippen molar-refractivity contribution in [1.82, 2.24) is 14.3 Å². The van der Waals surface area contributed by atoms with Crippen molar-refractivity contribution in [2.45, 2.75) is 26.3 Å². The third kappa shape index (κ3) is 5.14. The minimum absolute atomic E-state index is 0.0630. The molecule has 1 unspecified atom stereocenters. The van der Waals surface area contributed by atoms with E-state index in [4.69, 9.17) is 9.72 Å². The number of piperazine rings is 1. The van der Waals surface area contributed by atoms with Crippen molar-refractivity contribution in [3.8, 4) is 5.75 Å². The second-order valence-electron chi connectivity index (χ2n) is 7.81. The lowest BCUT2D eigenvalue weighted by Crippen LogP contribution is -2.55. The lowest BCUT2D eigenvalue weighted by molar-refractivity contribution is 0.185. The van der Waals surface area contributed by atoms with E-state index in [9.17, 15) is 4.79 Å². The van der Waals surface area contributed by atoms with E-state index in [0.29, 0.717) is 13.0 Å². The number of benzene rings is 2. The van der Waals surface area contributed by atoms with Gasteiger partial charge in [0.15, 0.2) is 0 Å². The monoisotopic (exact) mass is 437 g/mol. The molecule has 1 N–H and O–H groups in total. The summed E-state index contributed by atoms with van der Waals surface area (Å²) in [6.07, 6.45) is 0.669. The summed E-state index contributed by atoms with van der Waals surface area (Å²) < 4.78 is 9.83. The van der Waals surface area contributed by atoms with E-state index in [-0.39, 0.29) is 12.1 Å². The largest absolute Gasteiger partial charge is 0.497 e. The van der Waals surface area contributed by atoms with Gasteiger partial charge >= 0.3 is 6.03 Å². The number of aryl methyl sites for hydroxylation is 1. The SMILES string of the molecule is COc1cccc(Cc2nsc(N3CCN(C(=O)Nc4ccc(C)cc4)C(C)C3)n2)c1. The number of ether oxygens (including phenoxy) is 1. The predicted molar refractivity (Wildman–Crippen MR) is 124 cm³/mol. The lowest BCUT2D eigenvalue weighted by atomic mass is 10.1. The number of rotatable bonds is 5. The molecule has 1 aromatic heterocycles. The number of hydrogen-bond donors (Lipinski definition) is 1. The quantitative estimate of drug-likeness (QED) is 0.648. The molecule has 0 radical (unpaired) electrons. The number of nitrogens with one attached hydrogen (secondary N) is 1. The molecule has 2 aromatic carbocycles. The Labute approximate surface area is 186 Å². The van der Waals surface area contributed by atoms with Crippen LogP contribution in [0.25, 0.3) is 0 Å². The number of carbonyl (C=O) groups excluding carboxylic acids is 1. The maximum absolute atomic E-state index is 12.7. The first kappa shape index (κ1) is 21.1. The van der Waals surface area contributed by atoms with Crippen molar-refractivity contribution < 1.29 is 9.53 Å². The van der Waals surface area contributed by atoms with Crippen LogP contribution in [0.3, 0.4) is 0 Å². The normalized spacial score (nSPS) is 16.3. The first-order chi connectivity index (χ1) is 15.0. The van der Waals surface area contributed by atoms with Gasteiger partial charge in [-0.1, -0.05) is 29.8 Å². The zero-order valence-corrected chi connectivity index (χ0v) is 18.9. The standard InChI is InChI=1S/C23H27N5O2S/c1-16-7-9-19(10-8-16)24-22(29)28-12-11-27(15-17(28)2)23-25-21(26-31-23)14-18-5-4-6-20(13-18)30-3/h4-10,13,17H,11-12,14-15H2,1-3H3,(H,24,29). The Bertz CT molecular complexity index is 1040. The Balaban J connectivity index is 1.35. The van der Waals surface area contributed by atoms with Crippen LogP contribution in [0.2, 0.25) is 0 Å². The van der Waals surface area contributed by atoms with Gasteiger partial charge in [-0.25, -0.2) is 9.78 Å². The second kappa shape index (κ2) is 9.34. The highest BCUT2D eigenvalue weighted by atomic mass is 32.1. The molecule has 2 heterocycles. The Morgan fingerprint density at radius 2 is 2.03 bits per heavy atom. The summed E-state index contributed by atoms with van der Waals surface area (Å²) in [5.41, 5.74) is 3.11. The van der Waals surface area contributed by atoms with Crippen molar-refractivity contribution in [3.63, 3.8) is 0 Å². The van der Waals surface area contributed by atoms with E-state index in [1.807, 2.05) is 54.3 Å². The molecule has 0 bridgehead atoms. The van der Waals surface area contributed by atoms with Gasteiger partial charge < -0.3 is 19.9 Å². The summed E-state index contributed by atoms with van der Waals surface area (Å²) in [6.45, 7) is 6.21. The molecular formula is C23H27N5O2S. The number of carbonyl (C=O) groups is 1. The van der Waals surface area contributed by atoms with Gasteiger partial charge in [0.05, 0.1) is 7.11 Å². The minimum atomic E-state index is -0.0630. The molecule has 7 nitrogen and oxygen atoms in total. The van der Waals surface area contributed by atoms with Gasteiger partial charge in [-0.2, -0.15) is 4.37 Å². The summed E-state index contributed by atoms with van der Waals surface area (Å²) >= 11 is 1.42. The van der Waals surface area contributed by atoms with Gasteiger partial charge in [-0.3, -0.25) is 0 Å². The number of hydrogen-bond acceptors (Lipinski definition) is 6. The summed E-state index contributed by atoms with van der Waals surface area (Å²) in [4.78, 5) is 21.6. The number of urea groups is 1. The van der Waals surface area contributed by atoms with Crippen molar-refractivity contribution in [2.24, 2.45) is 0 Å². The molecule has 31 heavy (non-hydrogen) atoms. The fourth-order valence-corrected chi connectivity index (χ4v) is 4.40. The van der Waals surface area contributed by atoms with Crippen molar-refractivity contribution in [1.29, 1.82) is 0 Å². The summed E-state index contributed by atoms with van der Waals surface area (Å²) in [5, 5.41) is 3.90. The van der Waals surface area contributed by atoms with Crippen LogP contribution in [0.5, 0.6) is 5.75 Å². The summed E-state index contributed by atoms with van der Waals surface area (Å²) in [6, 6.07) is 15.8. The molecule has 8 heteroatoms. The van der Waals surface area contributed by atoms with Gasteiger partial charge in [-0.15, -0.1) is 0 Å². The van der Waals surface area contributed by atoms with Gasteiger partial charge in [0.2, 0.25) is 5.13 Å². The number of nitrogens with zero attached hydrogens (tertiary/aromatic N) is 4. The number of anilines is 2. The van der Waals surface area contributed by atoms with Crippen LogP contribution in [0.15, 0.2) is 48.5 Å². The van der Waals surface area contributed by atoms with Crippen LogP contribution in [-0.2, 0) is 6.42 Å². The number of aromatic nitrogens is 2. The predicted octanol–water partition coefficient (Wildman–Crippen LogP) is 4.19. The van der Waals surface area contributed by atoms with Crippen LogP contribution < -0.4 is 15.0 Å². The average Bonchev–Trinajstić information content (AvgIpc) is 3.23. The van der Waals surface area contributed by atoms with E-state index in [2.05, 4.69) is 27.6 Å². The molecule has 1 atom stereocenters. The maximum Gasteiger partial charge on any atom is 0.322 e. The molecule has 162 valence electrons. The topological polar surface area (TPSA) is 70.6 Å². The Hall–Kier alpha value is -3.13. The fourth-order valence-electron chi connectivity index (χ4n) is 3.68. The van der Waals surface area contributed by atoms with Crippen LogP contribution >= 0.6 is 11.5 Å². The van der Waals surface area contributed by atoms with Gasteiger partial charge in [0.25, 0.3) is 0 Å². The Morgan fingerprint density at radius 3 is 2.77 bits per heavy atom. The van der Waals surface area contributed by atoms with E-state index in [0.717, 1.165) is 41.0 Å². The fraction of sp³-hybridized carbons (Fsp3) is 0.348. The highest BCUT2D eigenvalue weighted by Crippen LogP contribution is 2.24. The third-order valence-electron chi connectivity index (χ3n) is 5.42. The lowest BCUT2D eigenvalue weighted by Gasteiger charge is -2.39. The van der Waals surface area contributed by atoms with Crippen molar-refractivity contribution in [3.05, 3.63) is 65.5 Å². The number of methoxy groups -OCH3 is 1. The van der Waals surface area contributed by atoms with Crippen LogP contribution in [-0.4, -0.2) is 53.1 Å². The van der Waals surface area contributed by atoms with Gasteiger partial charge in [0.1, 0.15) is 11.6 Å². The highest BCUT2D eigenvalue weighted by Gasteiger charge is 2.29. The zero-order valence-electron chi connectivity index (χ0n) is 18.0. The van der Waals surface area contributed by atoms with Gasteiger partial charge in [-0.05, 0) is 43.7 Å². The minimum Gasteiger partial charge on any atom is -0.497 e. The maximum atomic E-state index is 12.7. The van der Waals surface area contributed by atoms with Gasteiger partial charge in [0, 0.05) is 49.3 Å². The Kier molecular flexibility index (Phi) is 6.36. The average molecular weight is 438 g/mol. The van der Waals surface area contributed by atoms with E-state index in [1.165, 1.54) is 17.1 Å². The molecule has 2 amide bonds. The van der Waals surface area contributed by atoms with E-state index < -0.39 is 0 Å². The van der Waals surface area contributed by atoms with Crippen LogP contribution in [0.4, 0.5) is 15.6 Å². The van der Waals surface area contributed by atoms with E-state index >= 15 is 0 Å². The van der Waals surface area contributed by atoms with Crippen molar-refractivity contribution >= 4 is 28.4 Å². The molecule has 1 fully saturated rings. The molecule has 0 saturated carbocycles. The molecular weight excluding hydrogens is 410 g/mol. The molecule has 3 aromatic rings. The summed E-state index contributed by atoms with van der Waals surface area (Å²) in [5.74, 6) is 1.64. The van der Waals surface area contributed by atoms with Crippen LogP contribution in [0, 0.1) is 6.92 Å². The molecule has 1 aliphatic heterocycles. The van der Waals surface area contributed by atoms with Crippen molar-refractivity contribution in [2.75, 3.05) is 37.0 Å². The summed E-state index contributed by atoms with van der Waals surface area (Å²) in [7, 11) is 1.67. The molecule has 1 saturated heterocycles. The second-order valence-corrected chi connectivity index (χ2v) is 8.54. The smallest absolute Gasteiger partial charge is 0.322 e. The molecule has 1 aliphatic rings. The highest BCUT2D eigenvalue weighted by molar-refractivity contribution is 7.09. The first-order valence-electron chi connectivity index (χ1n) is 10.4. The first-order valence-corrected chi connectivity index (χ1v) is 11.1.